The molecule has 0 bridgehead atoms. The standard InChI is InChI=1S/C17H26BrN/c1-13(15-8-4-5-9-16(15)18)19-14-7-6-11-17(2,3)12-10-14/h4-5,8-9,13-14,19H,6-7,10-12H2,1-3H3/t13-,14?/m0/s1. The van der Waals surface area contributed by atoms with E-state index in [9.17, 15) is 0 Å². The fourth-order valence-electron chi connectivity index (χ4n) is 3.10. The Kier molecular flexibility index (Phi) is 5.08. The Morgan fingerprint density at radius 2 is 1.95 bits per heavy atom. The summed E-state index contributed by atoms with van der Waals surface area (Å²) in [5.41, 5.74) is 1.90. The van der Waals surface area contributed by atoms with Gasteiger partial charge in [0.25, 0.3) is 0 Å². The van der Waals surface area contributed by atoms with Crippen molar-refractivity contribution in [3.8, 4) is 0 Å². The molecule has 1 unspecified atom stereocenters. The van der Waals surface area contributed by atoms with E-state index in [2.05, 4.69) is 66.3 Å². The van der Waals surface area contributed by atoms with Crippen molar-refractivity contribution in [3.05, 3.63) is 34.3 Å². The van der Waals surface area contributed by atoms with Crippen molar-refractivity contribution < 1.29 is 0 Å². The van der Waals surface area contributed by atoms with Crippen molar-refractivity contribution in [1.82, 2.24) is 5.32 Å². The van der Waals surface area contributed by atoms with Crippen molar-refractivity contribution >= 4 is 15.9 Å². The normalized spacial score (nSPS) is 24.7. The van der Waals surface area contributed by atoms with Crippen molar-refractivity contribution in [3.63, 3.8) is 0 Å². The first-order valence-corrected chi connectivity index (χ1v) is 8.28. The summed E-state index contributed by atoms with van der Waals surface area (Å²) < 4.78 is 1.21. The van der Waals surface area contributed by atoms with E-state index in [1.807, 2.05) is 0 Å². The van der Waals surface area contributed by atoms with E-state index in [-0.39, 0.29) is 0 Å². The van der Waals surface area contributed by atoms with Gasteiger partial charge in [0, 0.05) is 16.6 Å². The molecule has 0 heterocycles. The highest BCUT2D eigenvalue weighted by atomic mass is 79.9. The van der Waals surface area contributed by atoms with Gasteiger partial charge in [-0.3, -0.25) is 0 Å². The Labute approximate surface area is 126 Å². The number of nitrogens with one attached hydrogen (secondary N) is 1. The third-order valence-corrected chi connectivity index (χ3v) is 5.16. The Balaban J connectivity index is 1.96. The maximum absolute atomic E-state index is 3.82. The molecule has 19 heavy (non-hydrogen) atoms. The predicted molar refractivity (Wildman–Crippen MR) is 86.3 cm³/mol. The van der Waals surface area contributed by atoms with E-state index in [1.165, 1.54) is 42.1 Å². The van der Waals surface area contributed by atoms with E-state index in [4.69, 9.17) is 0 Å². The fraction of sp³-hybridized carbons (Fsp3) is 0.647. The zero-order chi connectivity index (χ0) is 13.9. The molecule has 1 nitrogen and oxygen atoms in total. The van der Waals surface area contributed by atoms with Crippen molar-refractivity contribution in [1.29, 1.82) is 0 Å². The summed E-state index contributed by atoms with van der Waals surface area (Å²) in [6.45, 7) is 7.09. The van der Waals surface area contributed by atoms with Crippen LogP contribution in [0.2, 0.25) is 0 Å². The van der Waals surface area contributed by atoms with Gasteiger partial charge in [-0.1, -0.05) is 54.4 Å². The van der Waals surface area contributed by atoms with Gasteiger partial charge >= 0.3 is 0 Å². The van der Waals surface area contributed by atoms with Crippen LogP contribution in [0, 0.1) is 5.41 Å². The van der Waals surface area contributed by atoms with Crippen LogP contribution >= 0.6 is 15.9 Å². The molecule has 0 aromatic heterocycles. The molecule has 0 amide bonds. The number of benzene rings is 1. The zero-order valence-electron chi connectivity index (χ0n) is 12.4. The van der Waals surface area contributed by atoms with Gasteiger partial charge in [-0.05, 0) is 49.7 Å². The maximum Gasteiger partial charge on any atom is 0.0305 e. The van der Waals surface area contributed by atoms with Crippen LogP contribution in [0.4, 0.5) is 0 Å². The minimum Gasteiger partial charge on any atom is -0.307 e. The first-order chi connectivity index (χ1) is 8.98. The molecular weight excluding hydrogens is 298 g/mol. The van der Waals surface area contributed by atoms with Crippen LogP contribution in [0.25, 0.3) is 0 Å². The highest BCUT2D eigenvalue weighted by Crippen LogP contribution is 2.34. The monoisotopic (exact) mass is 323 g/mol. The molecule has 0 aliphatic heterocycles. The molecule has 1 saturated carbocycles. The molecule has 1 fully saturated rings. The Morgan fingerprint density at radius 3 is 2.68 bits per heavy atom. The second-order valence-electron chi connectivity index (χ2n) is 6.70. The molecule has 106 valence electrons. The fourth-order valence-corrected chi connectivity index (χ4v) is 3.73. The number of rotatable bonds is 3. The average molecular weight is 324 g/mol. The van der Waals surface area contributed by atoms with Gasteiger partial charge in [0.15, 0.2) is 0 Å². The third kappa shape index (κ3) is 4.32. The van der Waals surface area contributed by atoms with Gasteiger partial charge in [0.05, 0.1) is 0 Å². The largest absolute Gasteiger partial charge is 0.307 e. The lowest BCUT2D eigenvalue weighted by atomic mass is 9.85. The van der Waals surface area contributed by atoms with Gasteiger partial charge in [0.1, 0.15) is 0 Å². The minimum atomic E-state index is 0.418. The summed E-state index contributed by atoms with van der Waals surface area (Å²) in [5, 5.41) is 3.82. The molecular formula is C17H26BrN. The topological polar surface area (TPSA) is 12.0 Å². The van der Waals surface area contributed by atoms with Crippen LogP contribution in [0.5, 0.6) is 0 Å². The van der Waals surface area contributed by atoms with Crippen LogP contribution in [-0.4, -0.2) is 6.04 Å². The Hall–Kier alpha value is -0.340. The first-order valence-electron chi connectivity index (χ1n) is 7.48. The van der Waals surface area contributed by atoms with Gasteiger partial charge in [-0.2, -0.15) is 0 Å². The number of hydrogen-bond acceptors (Lipinski definition) is 1. The second-order valence-corrected chi connectivity index (χ2v) is 7.56. The van der Waals surface area contributed by atoms with E-state index >= 15 is 0 Å². The van der Waals surface area contributed by atoms with Crippen LogP contribution in [0.15, 0.2) is 28.7 Å². The summed E-state index contributed by atoms with van der Waals surface area (Å²) in [5.74, 6) is 0. The van der Waals surface area contributed by atoms with Crippen molar-refractivity contribution in [2.75, 3.05) is 0 Å². The third-order valence-electron chi connectivity index (χ3n) is 4.43. The SMILES string of the molecule is C[C@H](NC1CCCC(C)(C)CC1)c1ccccc1Br. The number of hydrogen-bond donors (Lipinski definition) is 1. The molecule has 0 radical (unpaired) electrons. The highest BCUT2D eigenvalue weighted by Gasteiger charge is 2.25. The Bertz CT molecular complexity index is 413. The van der Waals surface area contributed by atoms with Gasteiger partial charge in [-0.25, -0.2) is 0 Å². The summed E-state index contributed by atoms with van der Waals surface area (Å²) in [7, 11) is 0. The smallest absolute Gasteiger partial charge is 0.0305 e. The first kappa shape index (κ1) is 15.1. The van der Waals surface area contributed by atoms with Gasteiger partial charge in [0.2, 0.25) is 0 Å². The maximum atomic E-state index is 3.82. The molecule has 2 atom stereocenters. The Morgan fingerprint density at radius 1 is 1.21 bits per heavy atom. The molecule has 0 saturated heterocycles. The zero-order valence-corrected chi connectivity index (χ0v) is 14.0. The second kappa shape index (κ2) is 6.41. The van der Waals surface area contributed by atoms with E-state index in [0.29, 0.717) is 17.5 Å². The molecule has 0 spiro atoms. The lowest BCUT2D eigenvalue weighted by molar-refractivity contribution is 0.307. The molecule has 1 aromatic rings. The predicted octanol–water partition coefficient (Wildman–Crippen LogP) is 5.46. The average Bonchev–Trinajstić information content (AvgIpc) is 2.51. The summed E-state index contributed by atoms with van der Waals surface area (Å²) in [4.78, 5) is 0. The highest BCUT2D eigenvalue weighted by molar-refractivity contribution is 9.10. The van der Waals surface area contributed by atoms with E-state index < -0.39 is 0 Å². The number of halogens is 1. The van der Waals surface area contributed by atoms with Crippen LogP contribution in [0.3, 0.4) is 0 Å². The quantitative estimate of drug-likeness (QED) is 0.728. The van der Waals surface area contributed by atoms with Crippen LogP contribution < -0.4 is 5.32 Å². The lowest BCUT2D eigenvalue weighted by Gasteiger charge is -2.24. The van der Waals surface area contributed by atoms with Crippen LogP contribution in [0.1, 0.15) is 64.5 Å². The molecule has 1 N–H and O–H groups in total. The molecule has 1 aliphatic rings. The van der Waals surface area contributed by atoms with Crippen molar-refractivity contribution in [2.24, 2.45) is 5.41 Å². The molecule has 2 rings (SSSR count). The lowest BCUT2D eigenvalue weighted by Crippen LogP contribution is -2.31. The molecule has 1 aromatic carbocycles. The van der Waals surface area contributed by atoms with Crippen LogP contribution in [-0.2, 0) is 0 Å². The minimum absolute atomic E-state index is 0.418. The van der Waals surface area contributed by atoms with Gasteiger partial charge < -0.3 is 5.32 Å². The molecule has 2 heteroatoms. The van der Waals surface area contributed by atoms with Gasteiger partial charge in [-0.15, -0.1) is 0 Å². The van der Waals surface area contributed by atoms with E-state index in [1.54, 1.807) is 0 Å². The summed E-state index contributed by atoms with van der Waals surface area (Å²) in [6, 6.07) is 9.63. The summed E-state index contributed by atoms with van der Waals surface area (Å²) >= 11 is 3.66. The van der Waals surface area contributed by atoms with E-state index in [0.717, 1.165) is 0 Å². The summed E-state index contributed by atoms with van der Waals surface area (Å²) in [6.07, 6.45) is 6.69. The van der Waals surface area contributed by atoms with Crippen molar-refractivity contribution in [2.45, 2.75) is 65.0 Å². The molecule has 1 aliphatic carbocycles.